The van der Waals surface area contributed by atoms with Gasteiger partial charge in [0, 0.05) is 76.5 Å². The zero-order valence-corrected chi connectivity index (χ0v) is 51.3. The number of halogens is 8. The lowest BCUT2D eigenvalue weighted by Gasteiger charge is -2.18. The Balaban J connectivity index is 0.000000135. The lowest BCUT2D eigenvalue weighted by molar-refractivity contribution is 0.189. The Bertz CT molecular complexity index is 4590. The van der Waals surface area contributed by atoms with Gasteiger partial charge in [-0.25, -0.2) is 68.7 Å². The molecule has 4 unspecified atom stereocenters. The molecule has 4 atom stereocenters. The molecule has 13 rings (SSSR count). The summed E-state index contributed by atoms with van der Waals surface area (Å²) in [6.07, 6.45) is 17.3. The number of anilines is 4. The van der Waals surface area contributed by atoms with E-state index in [1.165, 1.54) is 72.8 Å². The Kier molecular flexibility index (Phi) is 20.7. The van der Waals surface area contributed by atoms with E-state index in [9.17, 15) is 35.8 Å². The first kappa shape index (κ1) is 64.2. The highest BCUT2D eigenvalue weighted by atomic mass is 127. The Morgan fingerprint density at radius 2 is 0.859 bits per heavy atom. The molecular formula is C62H56F7IN18O4. The molecule has 9 aromatic heterocycles. The Labute approximate surface area is 532 Å². The van der Waals surface area contributed by atoms with Gasteiger partial charge >= 0.3 is 0 Å². The summed E-state index contributed by atoms with van der Waals surface area (Å²) < 4.78 is 114. The topological polar surface area (TPSA) is 245 Å². The second-order valence-electron chi connectivity index (χ2n) is 20.1. The van der Waals surface area contributed by atoms with Crippen molar-refractivity contribution in [2.24, 2.45) is 0 Å². The van der Waals surface area contributed by atoms with Crippen molar-refractivity contribution in [1.29, 1.82) is 0 Å². The highest BCUT2D eigenvalue weighted by Crippen LogP contribution is 2.33. The van der Waals surface area contributed by atoms with E-state index in [0.29, 0.717) is 74.0 Å². The van der Waals surface area contributed by atoms with Crippen molar-refractivity contribution < 1.29 is 50.1 Å². The SMILES string of the molecule is CC(Nc1ccn2ncc(-c3cn[nH]c3)c2n1)c1cc(F)ccc1OCF.CC(Nc1ccn2ncc(I)c2n1)c1cc(F)ccc1OCF.CC(Nc1ccn2nccc2n1)c1cc(F)ccc1O.CC(Nc1ccn2nccc2n1)c1cc(F)ccc1OCF. The Morgan fingerprint density at radius 1 is 0.467 bits per heavy atom. The maximum atomic E-state index is 13.7. The molecule has 6 N–H and O–H groups in total. The van der Waals surface area contributed by atoms with Gasteiger partial charge in [0.15, 0.2) is 22.6 Å². The summed E-state index contributed by atoms with van der Waals surface area (Å²) in [5.41, 5.74) is 6.50. The number of hydrogen-bond donors (Lipinski definition) is 6. The third kappa shape index (κ3) is 15.8. The number of aromatic hydroxyl groups is 1. The fourth-order valence-corrected chi connectivity index (χ4v) is 9.97. The van der Waals surface area contributed by atoms with Crippen molar-refractivity contribution >= 4 is 68.5 Å². The summed E-state index contributed by atoms with van der Waals surface area (Å²) in [5.74, 6) is 1.72. The normalized spacial score (nSPS) is 12.3. The average molecular weight is 1380 g/mol. The highest BCUT2D eigenvalue weighted by molar-refractivity contribution is 14.1. The monoisotopic (exact) mass is 1380 g/mol. The summed E-state index contributed by atoms with van der Waals surface area (Å²) in [5, 5.41) is 45.7. The molecule has 9 heterocycles. The van der Waals surface area contributed by atoms with Gasteiger partial charge in [-0.05, 0) is 147 Å². The van der Waals surface area contributed by atoms with Crippen LogP contribution < -0.4 is 35.5 Å². The Morgan fingerprint density at radius 3 is 1.30 bits per heavy atom. The van der Waals surface area contributed by atoms with Crippen molar-refractivity contribution in [2.45, 2.75) is 51.9 Å². The van der Waals surface area contributed by atoms with E-state index in [0.717, 1.165) is 20.3 Å². The van der Waals surface area contributed by atoms with Crippen LogP contribution in [0.2, 0.25) is 0 Å². The standard InChI is InChI=1S/C18H16F2N6O.C15H13F2IN4O.C15H14F2N4O.C14H13FN4O/c1-11(14-6-13(20)2-3-16(14)27-10-19)24-17-4-5-26-18(25-17)15(9-23-26)12-7-21-22-8-12;1-9(11-6-10(17)2-3-13(11)23-8-16)20-14-4-5-22-15(21-14)12(18)7-19-22;1-10(12-8-11(17)2-3-13(12)22-9-16)19-14-5-7-21-15(20-14)4-6-18-21;1-9(11-8-10(15)2-3-12(11)20)17-13-5-7-19-14(18-13)4-6-16-19/h2-9,11H,10H2,1H3,(H,21,22)(H,24,25);2-7,9H,8H2,1H3,(H,20,21);2-8,10H,9H2,1H3,(H,19,20);2-9,20H,1H3,(H,17,18). The number of rotatable bonds is 19. The van der Waals surface area contributed by atoms with Gasteiger partial charge in [-0.1, -0.05) is 0 Å². The molecule has 22 nitrogen and oxygen atoms in total. The van der Waals surface area contributed by atoms with E-state index < -0.39 is 38.0 Å². The quantitative estimate of drug-likeness (QED) is 0.0325. The number of benzene rings is 4. The molecule has 0 saturated carbocycles. The summed E-state index contributed by atoms with van der Waals surface area (Å²) in [6, 6.07) is 25.1. The predicted molar refractivity (Wildman–Crippen MR) is 337 cm³/mol. The third-order valence-corrected chi connectivity index (χ3v) is 14.6. The first-order valence-corrected chi connectivity index (χ1v) is 29.1. The summed E-state index contributed by atoms with van der Waals surface area (Å²) in [4.78, 5) is 17.8. The number of nitrogens with zero attached hydrogens (tertiary/aromatic N) is 13. The maximum absolute atomic E-state index is 13.7. The molecule has 0 fully saturated rings. The van der Waals surface area contributed by atoms with Gasteiger partial charge in [0.2, 0.25) is 20.6 Å². The van der Waals surface area contributed by atoms with E-state index in [1.54, 1.807) is 116 Å². The third-order valence-electron chi connectivity index (χ3n) is 13.9. The van der Waals surface area contributed by atoms with E-state index in [-0.39, 0.29) is 41.5 Å². The molecule has 92 heavy (non-hydrogen) atoms. The predicted octanol–water partition coefficient (Wildman–Crippen LogP) is 13.8. The van der Waals surface area contributed by atoms with Crippen LogP contribution in [-0.2, 0) is 0 Å². The van der Waals surface area contributed by atoms with Crippen molar-refractivity contribution in [3.63, 3.8) is 0 Å². The van der Waals surface area contributed by atoms with Crippen LogP contribution in [0, 0.1) is 26.8 Å². The van der Waals surface area contributed by atoms with Crippen molar-refractivity contribution in [1.82, 2.24) is 68.6 Å². The van der Waals surface area contributed by atoms with Crippen molar-refractivity contribution in [3.8, 4) is 34.1 Å². The van der Waals surface area contributed by atoms with Crippen LogP contribution in [0.15, 0.2) is 171 Å². The smallest absolute Gasteiger partial charge is 0.228 e. The van der Waals surface area contributed by atoms with Gasteiger partial charge in [-0.2, -0.15) is 25.5 Å². The molecule has 4 aromatic carbocycles. The number of fused-ring (bicyclic) bond motifs is 4. The van der Waals surface area contributed by atoms with Gasteiger partial charge in [0.1, 0.15) is 69.5 Å². The molecule has 0 amide bonds. The van der Waals surface area contributed by atoms with E-state index >= 15 is 0 Å². The number of nitrogens with one attached hydrogen (secondary N) is 5. The first-order valence-electron chi connectivity index (χ1n) is 28.0. The van der Waals surface area contributed by atoms with Crippen LogP contribution in [0.3, 0.4) is 0 Å². The number of hydrogen-bond acceptors (Lipinski definition) is 17. The summed E-state index contributed by atoms with van der Waals surface area (Å²) in [7, 11) is 0. The fourth-order valence-electron chi connectivity index (χ4n) is 9.47. The number of phenolic OH excluding ortho intramolecular Hbond substituents is 1. The number of aromatic amines is 1. The van der Waals surface area contributed by atoms with Crippen molar-refractivity contribution in [2.75, 3.05) is 41.8 Å². The summed E-state index contributed by atoms with van der Waals surface area (Å²) >= 11 is 2.15. The lowest BCUT2D eigenvalue weighted by Crippen LogP contribution is -2.11. The van der Waals surface area contributed by atoms with Crippen molar-refractivity contribution in [3.05, 3.63) is 220 Å². The van der Waals surface area contributed by atoms with Gasteiger partial charge in [0.05, 0.1) is 58.7 Å². The van der Waals surface area contributed by atoms with Crippen LogP contribution in [0.25, 0.3) is 33.7 Å². The van der Waals surface area contributed by atoms with E-state index in [4.69, 9.17) is 14.2 Å². The molecule has 30 heteroatoms. The molecular weight excluding hydrogens is 1320 g/mol. The largest absolute Gasteiger partial charge is 0.508 e. The minimum Gasteiger partial charge on any atom is -0.508 e. The Hall–Kier alpha value is -10.8. The molecule has 0 saturated heterocycles. The number of ether oxygens (including phenoxy) is 3. The molecule has 0 aliphatic heterocycles. The molecule has 0 radical (unpaired) electrons. The number of phenols is 1. The zero-order chi connectivity index (χ0) is 64.8. The second kappa shape index (κ2) is 29.7. The molecule has 13 aromatic rings. The van der Waals surface area contributed by atoms with Gasteiger partial charge in [-0.15, -0.1) is 0 Å². The average Bonchev–Trinajstić information content (AvgIpc) is 1.75. The van der Waals surface area contributed by atoms with Gasteiger partial charge < -0.3 is 40.6 Å². The minimum absolute atomic E-state index is 0.0526. The molecule has 474 valence electrons. The minimum atomic E-state index is -0.987. The van der Waals surface area contributed by atoms with E-state index in [2.05, 4.69) is 94.4 Å². The molecule has 0 aliphatic carbocycles. The van der Waals surface area contributed by atoms with Crippen LogP contribution in [0.4, 0.5) is 54.0 Å². The lowest BCUT2D eigenvalue weighted by atomic mass is 10.1. The van der Waals surface area contributed by atoms with Crippen LogP contribution in [0.5, 0.6) is 23.0 Å². The number of H-pyrrole nitrogens is 1. The maximum Gasteiger partial charge on any atom is 0.228 e. The summed E-state index contributed by atoms with van der Waals surface area (Å²) in [6.45, 7) is 4.37. The zero-order valence-electron chi connectivity index (χ0n) is 49.1. The molecule has 0 aliphatic rings. The van der Waals surface area contributed by atoms with Gasteiger partial charge in [0.25, 0.3) is 0 Å². The second-order valence-corrected chi connectivity index (χ2v) is 21.2. The van der Waals surface area contributed by atoms with Crippen LogP contribution in [-0.4, -0.2) is 94.3 Å². The number of alkyl halides is 3. The fraction of sp³-hybridized carbons (Fsp3) is 0.177. The highest BCUT2D eigenvalue weighted by Gasteiger charge is 2.19. The van der Waals surface area contributed by atoms with E-state index in [1.807, 2.05) is 27.7 Å². The van der Waals surface area contributed by atoms with Crippen LogP contribution in [0.1, 0.15) is 74.1 Å². The molecule has 0 bridgehead atoms. The van der Waals surface area contributed by atoms with Crippen LogP contribution >= 0.6 is 22.6 Å². The van der Waals surface area contributed by atoms with Gasteiger partial charge in [-0.3, -0.25) is 5.10 Å². The number of aromatic nitrogens is 14. The first-order chi connectivity index (χ1) is 44.5. The molecule has 0 spiro atoms.